The minimum Gasteiger partial charge on any atom is -0.359 e. The van der Waals surface area contributed by atoms with E-state index in [1.807, 2.05) is 0 Å². The summed E-state index contributed by atoms with van der Waals surface area (Å²) in [5.41, 5.74) is 0.407. The number of carbonyl (C=O) groups excluding carboxylic acids is 1. The van der Waals surface area contributed by atoms with Crippen molar-refractivity contribution in [3.63, 3.8) is 0 Å². The number of fused-ring (bicyclic) bond motifs is 1. The third-order valence-corrected chi connectivity index (χ3v) is 1.95. The van der Waals surface area contributed by atoms with Crippen LogP contribution in [0, 0.1) is 0 Å². The van der Waals surface area contributed by atoms with Gasteiger partial charge in [-0.25, -0.2) is 0 Å². The van der Waals surface area contributed by atoms with Gasteiger partial charge in [0.15, 0.2) is 5.78 Å². The van der Waals surface area contributed by atoms with Crippen molar-refractivity contribution in [1.82, 2.24) is 4.98 Å². The molecule has 0 aromatic carbocycles. The summed E-state index contributed by atoms with van der Waals surface area (Å²) >= 11 is 0. The number of rotatable bonds is 0. The SMILES string of the molecule is O=C1C=CC(O)(O)c2ccncc21. The van der Waals surface area contributed by atoms with Crippen molar-refractivity contribution in [2.75, 3.05) is 0 Å². The van der Waals surface area contributed by atoms with Crippen LogP contribution in [-0.4, -0.2) is 21.0 Å². The van der Waals surface area contributed by atoms with E-state index < -0.39 is 5.79 Å². The predicted molar refractivity (Wildman–Crippen MR) is 43.8 cm³/mol. The van der Waals surface area contributed by atoms with Gasteiger partial charge >= 0.3 is 0 Å². The molecule has 0 atom stereocenters. The van der Waals surface area contributed by atoms with Crippen LogP contribution in [0.4, 0.5) is 0 Å². The molecule has 1 aliphatic carbocycles. The van der Waals surface area contributed by atoms with Crippen LogP contribution < -0.4 is 0 Å². The molecule has 2 N–H and O–H groups in total. The van der Waals surface area contributed by atoms with Crippen molar-refractivity contribution < 1.29 is 15.0 Å². The summed E-state index contributed by atoms with van der Waals surface area (Å²) < 4.78 is 0. The van der Waals surface area contributed by atoms with E-state index in [1.54, 1.807) is 0 Å². The van der Waals surface area contributed by atoms with Crippen molar-refractivity contribution in [1.29, 1.82) is 0 Å². The number of pyridine rings is 1. The number of hydrogen-bond acceptors (Lipinski definition) is 4. The van der Waals surface area contributed by atoms with Gasteiger partial charge in [-0.15, -0.1) is 0 Å². The van der Waals surface area contributed by atoms with Gasteiger partial charge in [0.1, 0.15) is 0 Å². The van der Waals surface area contributed by atoms with Gasteiger partial charge in [-0.1, -0.05) is 0 Å². The van der Waals surface area contributed by atoms with E-state index in [0.717, 1.165) is 12.2 Å². The second kappa shape index (κ2) is 2.48. The van der Waals surface area contributed by atoms with Crippen LogP contribution in [-0.2, 0) is 5.79 Å². The van der Waals surface area contributed by atoms with Crippen LogP contribution in [0.3, 0.4) is 0 Å². The molecule has 0 aliphatic heterocycles. The smallest absolute Gasteiger partial charge is 0.211 e. The fourth-order valence-electron chi connectivity index (χ4n) is 1.28. The molecule has 1 aromatic rings. The molecular weight excluding hydrogens is 170 g/mol. The molecule has 0 radical (unpaired) electrons. The molecule has 0 saturated heterocycles. The molecule has 0 spiro atoms. The third kappa shape index (κ3) is 1.16. The molecule has 1 aromatic heterocycles. The fourth-order valence-corrected chi connectivity index (χ4v) is 1.28. The summed E-state index contributed by atoms with van der Waals surface area (Å²) in [6.07, 6.45) is 4.91. The third-order valence-electron chi connectivity index (χ3n) is 1.95. The Kier molecular flexibility index (Phi) is 1.55. The van der Waals surface area contributed by atoms with Crippen LogP contribution in [0.25, 0.3) is 0 Å². The first kappa shape index (κ1) is 8.10. The van der Waals surface area contributed by atoms with Crippen LogP contribution >= 0.6 is 0 Å². The van der Waals surface area contributed by atoms with Crippen LogP contribution in [0.5, 0.6) is 0 Å². The Labute approximate surface area is 74.2 Å². The van der Waals surface area contributed by atoms with E-state index in [0.29, 0.717) is 0 Å². The number of aliphatic hydroxyl groups is 2. The zero-order valence-electron chi connectivity index (χ0n) is 6.64. The monoisotopic (exact) mass is 177 g/mol. The minimum atomic E-state index is -2.05. The first-order valence-electron chi connectivity index (χ1n) is 3.74. The van der Waals surface area contributed by atoms with Crippen molar-refractivity contribution in [3.05, 3.63) is 41.7 Å². The molecule has 4 nitrogen and oxygen atoms in total. The van der Waals surface area contributed by atoms with Crippen molar-refractivity contribution in [3.8, 4) is 0 Å². The van der Waals surface area contributed by atoms with Gasteiger partial charge in [0.25, 0.3) is 0 Å². The standard InChI is InChI=1S/C9H7NO3/c11-8-1-3-9(12,13)7-2-4-10-5-6(7)8/h1-5,12-13H. The number of hydrogen-bond donors (Lipinski definition) is 2. The van der Waals surface area contributed by atoms with E-state index in [2.05, 4.69) is 4.98 Å². The average molecular weight is 177 g/mol. The van der Waals surface area contributed by atoms with Crippen LogP contribution in [0.15, 0.2) is 30.6 Å². The normalized spacial score (nSPS) is 18.5. The van der Waals surface area contributed by atoms with Crippen LogP contribution in [0.2, 0.25) is 0 Å². The molecule has 1 heterocycles. The van der Waals surface area contributed by atoms with Crippen molar-refractivity contribution >= 4 is 5.78 Å². The molecule has 0 fully saturated rings. The minimum absolute atomic E-state index is 0.176. The van der Waals surface area contributed by atoms with Gasteiger partial charge < -0.3 is 10.2 Å². The quantitative estimate of drug-likeness (QED) is 0.546. The Hall–Kier alpha value is -1.52. The first-order valence-corrected chi connectivity index (χ1v) is 3.74. The molecular formula is C9H7NO3. The van der Waals surface area contributed by atoms with E-state index >= 15 is 0 Å². The summed E-state index contributed by atoms with van der Waals surface area (Å²) in [4.78, 5) is 15.0. The van der Waals surface area contributed by atoms with Gasteiger partial charge in [0.05, 0.1) is 0 Å². The number of ketones is 1. The summed E-state index contributed by atoms with van der Waals surface area (Å²) in [5, 5.41) is 18.9. The maximum atomic E-state index is 11.2. The van der Waals surface area contributed by atoms with Gasteiger partial charge in [-0.05, 0) is 18.2 Å². The highest BCUT2D eigenvalue weighted by molar-refractivity contribution is 6.06. The molecule has 1 aliphatic rings. The second-order valence-corrected chi connectivity index (χ2v) is 2.84. The Balaban J connectivity index is 2.68. The summed E-state index contributed by atoms with van der Waals surface area (Å²) in [6.45, 7) is 0. The summed E-state index contributed by atoms with van der Waals surface area (Å²) in [6, 6.07) is 1.41. The zero-order valence-corrected chi connectivity index (χ0v) is 6.64. The van der Waals surface area contributed by atoms with Crippen molar-refractivity contribution in [2.24, 2.45) is 0 Å². The number of aromatic nitrogens is 1. The lowest BCUT2D eigenvalue weighted by Gasteiger charge is -2.22. The van der Waals surface area contributed by atoms with E-state index in [-0.39, 0.29) is 16.9 Å². The van der Waals surface area contributed by atoms with Gasteiger partial charge in [-0.3, -0.25) is 9.78 Å². The molecule has 0 saturated carbocycles. The van der Waals surface area contributed by atoms with E-state index in [9.17, 15) is 15.0 Å². The van der Waals surface area contributed by atoms with Gasteiger partial charge in [-0.2, -0.15) is 0 Å². The molecule has 0 amide bonds. The Bertz CT molecular complexity index is 396. The molecule has 66 valence electrons. The van der Waals surface area contributed by atoms with E-state index in [4.69, 9.17) is 0 Å². The van der Waals surface area contributed by atoms with Crippen LogP contribution in [0.1, 0.15) is 15.9 Å². The highest BCUT2D eigenvalue weighted by atomic mass is 16.5. The Morgan fingerprint density at radius 2 is 2.15 bits per heavy atom. The maximum Gasteiger partial charge on any atom is 0.211 e. The lowest BCUT2D eigenvalue weighted by Crippen LogP contribution is -2.28. The molecule has 4 heteroatoms. The molecule has 2 rings (SSSR count). The van der Waals surface area contributed by atoms with Gasteiger partial charge in [0, 0.05) is 23.5 Å². The second-order valence-electron chi connectivity index (χ2n) is 2.84. The first-order chi connectivity index (χ1) is 6.11. The molecule has 13 heavy (non-hydrogen) atoms. The van der Waals surface area contributed by atoms with Crippen molar-refractivity contribution in [2.45, 2.75) is 5.79 Å². The number of carbonyl (C=O) groups is 1. The zero-order chi connectivity index (χ0) is 9.47. The maximum absolute atomic E-state index is 11.2. The largest absolute Gasteiger partial charge is 0.359 e. The molecule has 0 unspecified atom stereocenters. The highest BCUT2D eigenvalue weighted by Crippen LogP contribution is 2.27. The molecule has 0 bridgehead atoms. The summed E-state index contributed by atoms with van der Waals surface area (Å²) in [7, 11) is 0. The topological polar surface area (TPSA) is 70.4 Å². The predicted octanol–water partition coefficient (Wildman–Crippen LogP) is -0.0285. The highest BCUT2D eigenvalue weighted by Gasteiger charge is 2.31. The summed E-state index contributed by atoms with van der Waals surface area (Å²) in [5.74, 6) is -2.31. The van der Waals surface area contributed by atoms with E-state index in [1.165, 1.54) is 18.5 Å². The number of nitrogens with zero attached hydrogens (tertiary/aromatic N) is 1. The lowest BCUT2D eigenvalue weighted by atomic mass is 9.93. The average Bonchev–Trinajstić information content (AvgIpc) is 2.13. The Morgan fingerprint density at radius 3 is 2.85 bits per heavy atom. The lowest BCUT2D eigenvalue weighted by molar-refractivity contribution is -0.126. The Morgan fingerprint density at radius 1 is 1.38 bits per heavy atom. The fraction of sp³-hybridized carbons (Fsp3) is 0.111. The van der Waals surface area contributed by atoms with Gasteiger partial charge in [0.2, 0.25) is 5.79 Å². The number of allylic oxidation sites excluding steroid dienone is 1.